The molecule has 0 spiro atoms. The molecule has 31 heteroatoms. The van der Waals surface area contributed by atoms with Crippen LogP contribution in [0.3, 0.4) is 0 Å². The first-order valence-electron chi connectivity index (χ1n) is 44.5. The van der Waals surface area contributed by atoms with E-state index in [4.69, 9.17) is 44.7 Å². The zero-order valence-corrected chi connectivity index (χ0v) is 72.3. The zero-order valence-electron chi connectivity index (χ0n) is 72.3. The normalized spacial score (nSPS) is 26.4. The Labute approximate surface area is 720 Å². The minimum Gasteiger partial charge on any atom is -0.461 e. The average Bonchev–Trinajstić information content (AvgIpc) is 1.62. The van der Waals surface area contributed by atoms with Gasteiger partial charge in [0.05, 0.1) is 49.9 Å². The molecule has 1 saturated carbocycles. The summed E-state index contributed by atoms with van der Waals surface area (Å²) in [5.41, 5.74) is 21.0. The van der Waals surface area contributed by atoms with Crippen LogP contribution in [-0.2, 0) is 83.3 Å². The van der Waals surface area contributed by atoms with Gasteiger partial charge in [0.1, 0.15) is 53.5 Å². The molecule has 10 heterocycles. The van der Waals surface area contributed by atoms with Crippen LogP contribution < -0.4 is 21.7 Å². The van der Waals surface area contributed by atoms with Crippen LogP contribution in [0.25, 0.3) is 33.4 Å². The number of allylic oxidation sites excluding steroid dienone is 6. The van der Waals surface area contributed by atoms with Crippen LogP contribution >= 0.6 is 0 Å². The van der Waals surface area contributed by atoms with Gasteiger partial charge in [-0.05, 0) is 180 Å². The molecule has 7 aliphatic rings. The van der Waals surface area contributed by atoms with E-state index in [0.29, 0.717) is 226 Å². The Hall–Kier alpha value is -10.3. The number of methoxy groups -OCH3 is 1. The first-order valence-corrected chi connectivity index (χ1v) is 44.5. The standard InChI is InChI=1S/C92H124N16O15/c1-59-13-8-7-9-14-61(3)79(118-6)51-72-15-12-17-78(120-72)85(114)88(115)107-34-11-10-16-74(107)89(116)121-70(25-18-60(2)48-63(5)76(110)52-75(109)62(4)47-59)26-20-64-21-27-71(28-22-64)122-92(117)97-55-66-53-95-91(96-54-66)105-42-40-104(41-43-105)82(113)33-45-119-46-44-102-36-38-103(39-37-102)80(111)30-31-81(112)106-35-32-67-49-65(19-23-69(67)57-106)56-108-87-83(86(93)98-58-99-87)84(101-108)68-24-29-77-73(50-68)100-90(94)123-77/h7-9,13-14,19,23-24,29,48-50,53-54,58-60,62,64,70-72,74,76,78-79,110H,10-12,15-18,20-22,25-28,30-47,51-52,55-57H2,1-6H3,(H2,94,100)(H,97,117)(H2,93,98,99)/b9-7+,13-8+,61-14+,63-48+/t59-,60+,62-,64-,70+,71-,72+,74+,76+,78?,79+/m1/s1. The van der Waals surface area contributed by atoms with Gasteiger partial charge < -0.3 is 74.5 Å². The van der Waals surface area contributed by atoms with E-state index in [0.717, 1.165) is 53.5 Å². The predicted octanol–water partition coefficient (Wildman–Crippen LogP) is 10.4. The fraction of sp³-hybridized carbons (Fsp3) is 0.587. The summed E-state index contributed by atoms with van der Waals surface area (Å²) in [6.07, 6.45) is 24.5. The molecule has 123 heavy (non-hydrogen) atoms. The number of cyclic esters (lactones) is 1. The maximum absolute atomic E-state index is 14.5. The molecule has 5 amide bonds. The maximum Gasteiger partial charge on any atom is 0.407 e. The first kappa shape index (κ1) is 90.4. The Morgan fingerprint density at radius 2 is 1.46 bits per heavy atom. The molecule has 13 rings (SSSR count). The molecule has 6 aliphatic heterocycles. The topological polar surface area (TPSA) is 382 Å². The third-order valence-electron chi connectivity index (χ3n) is 25.6. The number of benzene rings is 2. The molecule has 6 N–H and O–H groups in total. The molecule has 1 unspecified atom stereocenters. The number of carbonyl (C=O) groups excluding carboxylic acids is 8. The predicted molar refractivity (Wildman–Crippen MR) is 464 cm³/mol. The van der Waals surface area contributed by atoms with E-state index in [9.17, 15) is 43.5 Å². The summed E-state index contributed by atoms with van der Waals surface area (Å²) in [5, 5.41) is 19.7. The molecule has 2 bridgehead atoms. The van der Waals surface area contributed by atoms with Crippen molar-refractivity contribution in [2.45, 2.75) is 232 Å². The molecule has 6 aromatic rings. The zero-order chi connectivity index (χ0) is 86.6. The molecule has 1 aliphatic carbocycles. The van der Waals surface area contributed by atoms with Crippen LogP contribution in [0.2, 0.25) is 0 Å². The van der Waals surface area contributed by atoms with Crippen molar-refractivity contribution in [2.75, 3.05) is 109 Å². The summed E-state index contributed by atoms with van der Waals surface area (Å²) in [6.45, 7) is 17.9. The van der Waals surface area contributed by atoms with Crippen molar-refractivity contribution in [3.63, 3.8) is 0 Å². The second-order valence-electron chi connectivity index (χ2n) is 34.7. The third kappa shape index (κ3) is 24.6. The Morgan fingerprint density at radius 1 is 0.699 bits per heavy atom. The van der Waals surface area contributed by atoms with E-state index >= 15 is 0 Å². The second-order valence-corrected chi connectivity index (χ2v) is 34.7. The molecule has 0 radical (unpaired) electrons. The van der Waals surface area contributed by atoms with Crippen molar-refractivity contribution in [3.8, 4) is 11.3 Å². The minimum absolute atomic E-state index is 0.00621. The summed E-state index contributed by atoms with van der Waals surface area (Å²) in [6, 6.07) is 11.0. The quantitative estimate of drug-likeness (QED) is 0.0239. The highest BCUT2D eigenvalue weighted by atomic mass is 16.6. The highest BCUT2D eigenvalue weighted by molar-refractivity contribution is 6.38. The van der Waals surface area contributed by atoms with Gasteiger partial charge in [0.25, 0.3) is 11.9 Å². The molecule has 31 nitrogen and oxygen atoms in total. The molecule has 662 valence electrons. The smallest absolute Gasteiger partial charge is 0.407 e. The number of nitrogens with zero attached hydrogens (tertiary/aromatic N) is 13. The Bertz CT molecular complexity index is 4790. The number of esters is 1. The molecule has 4 aromatic heterocycles. The number of carbonyl (C=O) groups is 8. The van der Waals surface area contributed by atoms with Crippen LogP contribution in [0.4, 0.5) is 22.6 Å². The number of piperidine rings is 1. The fourth-order valence-electron chi connectivity index (χ4n) is 18.2. The van der Waals surface area contributed by atoms with Crippen LogP contribution in [0.1, 0.15) is 185 Å². The number of ketones is 2. The van der Waals surface area contributed by atoms with E-state index < -0.39 is 48.1 Å². The number of ether oxygens (including phenoxy) is 5. The number of nitrogens with two attached hydrogens (primary N) is 2. The van der Waals surface area contributed by atoms with Gasteiger partial charge in [-0.3, -0.25) is 33.7 Å². The van der Waals surface area contributed by atoms with E-state index in [2.05, 4.69) is 67.2 Å². The lowest BCUT2D eigenvalue weighted by Gasteiger charge is -2.36. The number of rotatable bonds is 20. The Balaban J connectivity index is 0.490. The number of hydrogen-bond donors (Lipinski definition) is 4. The van der Waals surface area contributed by atoms with Gasteiger partial charge in [0, 0.05) is 147 Å². The molecule has 2 aromatic carbocycles. The number of aliphatic hydroxyl groups is 1. The number of anilines is 3. The summed E-state index contributed by atoms with van der Waals surface area (Å²) in [7, 11) is 1.65. The lowest BCUT2D eigenvalue weighted by molar-refractivity contribution is -0.167. The average molecular weight is 1690 g/mol. The number of aromatic nitrogens is 7. The van der Waals surface area contributed by atoms with E-state index in [1.54, 1.807) is 25.6 Å². The monoisotopic (exact) mass is 1690 g/mol. The van der Waals surface area contributed by atoms with Gasteiger partial charge in [-0.2, -0.15) is 10.1 Å². The minimum atomic E-state index is -0.930. The largest absolute Gasteiger partial charge is 0.461 e. The number of nitrogens with one attached hydrogen (secondary N) is 1. The summed E-state index contributed by atoms with van der Waals surface area (Å²) < 4.78 is 37.9. The van der Waals surface area contributed by atoms with E-state index in [-0.39, 0.29) is 110 Å². The van der Waals surface area contributed by atoms with E-state index in [1.807, 2.05) is 93.6 Å². The van der Waals surface area contributed by atoms with Crippen LogP contribution in [-0.4, -0.2) is 247 Å². The van der Waals surface area contributed by atoms with Crippen molar-refractivity contribution in [1.29, 1.82) is 0 Å². The van der Waals surface area contributed by atoms with E-state index in [1.165, 1.54) is 11.2 Å². The van der Waals surface area contributed by atoms with Crippen LogP contribution in [0.15, 0.2) is 107 Å². The Morgan fingerprint density at radius 3 is 2.23 bits per heavy atom. The van der Waals surface area contributed by atoms with Gasteiger partial charge in [-0.1, -0.05) is 75.4 Å². The molecule has 4 saturated heterocycles. The number of Topliss-reactive ketones (excluding diaryl/α,β-unsaturated/α-hetero) is 2. The Kier molecular flexibility index (Phi) is 31.8. The highest BCUT2D eigenvalue weighted by Crippen LogP contribution is 2.37. The van der Waals surface area contributed by atoms with Crippen molar-refractivity contribution >= 4 is 87.2 Å². The molecule has 9 atom stereocenters. The molecular formula is C92H124N16O15. The number of nitrogen functional groups attached to an aromatic ring is 2. The van der Waals surface area contributed by atoms with Crippen LogP contribution in [0.5, 0.6) is 0 Å². The SMILES string of the molecule is CO[C@H]1C[C@@H]2CCCC(O2)C(=O)C(=O)N2CCCC[C@H]2C(=O)O[C@H](CC[C@H]2CC[C@H](OC(=O)NCc3cnc(N4CCN(C(=O)CCOCCN5CCN(C(=O)CCC(=O)N6CCc7cc(Cn8nc(-c9ccc%10oc(N)nc%10c9)c9c(N)ncnc98)ccc7C6)CC5)CC4)nc3)CC2)CC[C@H](C)/C=C(\C)[C@@H](O)CC(=O)[C@H](C)C[C@H](C)/C=C/C=C/C=C/1C. The van der Waals surface area contributed by atoms with Gasteiger partial charge in [-0.25, -0.2) is 34.2 Å². The lowest BCUT2D eigenvalue weighted by Crippen LogP contribution is -2.54. The van der Waals surface area contributed by atoms with Gasteiger partial charge >= 0.3 is 12.1 Å². The van der Waals surface area contributed by atoms with Crippen molar-refractivity contribution in [1.82, 2.24) is 64.5 Å². The molecule has 5 fully saturated rings. The second kappa shape index (κ2) is 43.3. The number of aliphatic hydroxyl groups excluding tert-OH is 1. The highest BCUT2D eigenvalue weighted by Gasteiger charge is 2.42. The van der Waals surface area contributed by atoms with Crippen molar-refractivity contribution < 1.29 is 71.6 Å². The van der Waals surface area contributed by atoms with Gasteiger partial charge in [-0.15, -0.1) is 0 Å². The van der Waals surface area contributed by atoms with Crippen molar-refractivity contribution in [3.05, 3.63) is 125 Å². The fourth-order valence-corrected chi connectivity index (χ4v) is 18.2. The van der Waals surface area contributed by atoms with Gasteiger partial charge in [0.2, 0.25) is 29.5 Å². The van der Waals surface area contributed by atoms with Crippen molar-refractivity contribution in [2.24, 2.45) is 23.7 Å². The summed E-state index contributed by atoms with van der Waals surface area (Å²) in [5.74, 6) is -0.897. The number of alkyl carbamates (subject to hydrolysis) is 1. The third-order valence-corrected chi connectivity index (χ3v) is 25.6. The number of amides is 5. The summed E-state index contributed by atoms with van der Waals surface area (Å²) in [4.78, 5) is 143. The number of fused-ring (bicyclic) bond motifs is 6. The lowest BCUT2D eigenvalue weighted by atomic mass is 9.83. The molecular weight excluding hydrogens is 1570 g/mol. The summed E-state index contributed by atoms with van der Waals surface area (Å²) >= 11 is 0. The van der Waals surface area contributed by atoms with Crippen LogP contribution in [0, 0.1) is 23.7 Å². The number of oxazole rings is 1. The number of piperazine rings is 2. The first-order chi connectivity index (χ1) is 59.4. The maximum atomic E-state index is 14.5. The van der Waals surface area contributed by atoms with Gasteiger partial charge in [0.15, 0.2) is 11.2 Å². The number of hydrogen-bond acceptors (Lipinski definition) is 25.